The van der Waals surface area contributed by atoms with E-state index in [1.54, 1.807) is 0 Å². The van der Waals surface area contributed by atoms with Crippen molar-refractivity contribution in [1.82, 2.24) is 0 Å². The number of rotatable bonds is 6. The molecule has 0 aromatic heterocycles. The predicted molar refractivity (Wildman–Crippen MR) is 43.5 cm³/mol. The molecular formula is C8H14O4. The second kappa shape index (κ2) is 5.03. The normalized spacial score (nSPS) is 11.2. The highest BCUT2D eigenvalue weighted by molar-refractivity contribution is 5.72. The highest BCUT2D eigenvalue weighted by Gasteiger charge is 2.28. The molecule has 0 heterocycles. The molecule has 3 N–H and O–H groups in total. The Morgan fingerprint density at radius 1 is 1.25 bits per heavy atom. The first kappa shape index (κ1) is 11.3. The van der Waals surface area contributed by atoms with Crippen molar-refractivity contribution in [2.45, 2.75) is 6.42 Å². The van der Waals surface area contributed by atoms with Crippen LogP contribution in [0.1, 0.15) is 6.42 Å². The number of carbonyl (C=O) groups excluding carboxylic acids is 1. The molecule has 0 saturated heterocycles. The van der Waals surface area contributed by atoms with Gasteiger partial charge >= 0.3 is 0 Å². The zero-order valence-electron chi connectivity index (χ0n) is 6.86. The third-order valence-corrected chi connectivity index (χ3v) is 1.77. The average Bonchev–Trinajstić information content (AvgIpc) is 2.14. The topological polar surface area (TPSA) is 77.8 Å². The van der Waals surface area contributed by atoms with Crippen molar-refractivity contribution in [2.24, 2.45) is 5.41 Å². The molecule has 0 unspecified atom stereocenters. The van der Waals surface area contributed by atoms with Gasteiger partial charge in [-0.2, -0.15) is 0 Å². The molecule has 4 nitrogen and oxygen atoms in total. The molecule has 12 heavy (non-hydrogen) atoms. The molecule has 0 fully saturated rings. The van der Waals surface area contributed by atoms with Gasteiger partial charge in [-0.1, -0.05) is 6.58 Å². The first-order chi connectivity index (χ1) is 5.64. The largest absolute Gasteiger partial charge is 0.396 e. The lowest BCUT2D eigenvalue weighted by molar-refractivity contribution is -0.105. The van der Waals surface area contributed by atoms with Gasteiger partial charge in [0.05, 0.1) is 19.8 Å². The minimum Gasteiger partial charge on any atom is -0.396 e. The van der Waals surface area contributed by atoms with E-state index >= 15 is 0 Å². The molecule has 0 saturated carbocycles. The summed E-state index contributed by atoms with van der Waals surface area (Å²) in [5.74, 6) is 0. The van der Waals surface area contributed by atoms with Crippen LogP contribution in [-0.4, -0.2) is 41.4 Å². The van der Waals surface area contributed by atoms with E-state index in [4.69, 9.17) is 15.3 Å². The monoisotopic (exact) mass is 174 g/mol. The number of allylic oxidation sites excluding steroid dienone is 1. The van der Waals surface area contributed by atoms with Crippen molar-refractivity contribution >= 4 is 6.29 Å². The quantitative estimate of drug-likeness (QED) is 0.360. The van der Waals surface area contributed by atoms with E-state index in [9.17, 15) is 4.79 Å². The van der Waals surface area contributed by atoms with Crippen molar-refractivity contribution in [3.63, 3.8) is 0 Å². The summed E-state index contributed by atoms with van der Waals surface area (Å²) in [6.07, 6.45) is 0.662. The van der Waals surface area contributed by atoms with Gasteiger partial charge in [0.25, 0.3) is 0 Å². The molecule has 70 valence electrons. The van der Waals surface area contributed by atoms with Crippen molar-refractivity contribution in [1.29, 1.82) is 0 Å². The molecule has 0 aliphatic rings. The number of aliphatic hydroxyl groups excluding tert-OH is 3. The van der Waals surface area contributed by atoms with Gasteiger partial charge in [0.2, 0.25) is 0 Å². The first-order valence-electron chi connectivity index (χ1n) is 3.59. The summed E-state index contributed by atoms with van der Waals surface area (Å²) in [6.45, 7) is 2.30. The fraction of sp³-hybridized carbons (Fsp3) is 0.625. The maximum atomic E-state index is 10.2. The molecule has 0 aromatic carbocycles. The van der Waals surface area contributed by atoms with Gasteiger partial charge in [0, 0.05) is 5.41 Å². The smallest absolute Gasteiger partial charge is 0.145 e. The number of hydrogen-bond acceptors (Lipinski definition) is 4. The molecule has 0 radical (unpaired) electrons. The molecule has 0 spiro atoms. The van der Waals surface area contributed by atoms with Gasteiger partial charge in [-0.25, -0.2) is 0 Å². The lowest BCUT2D eigenvalue weighted by Gasteiger charge is -2.26. The summed E-state index contributed by atoms with van der Waals surface area (Å²) in [4.78, 5) is 10.2. The second-order valence-corrected chi connectivity index (χ2v) is 2.93. The highest BCUT2D eigenvalue weighted by atomic mass is 16.3. The van der Waals surface area contributed by atoms with Crippen LogP contribution in [-0.2, 0) is 4.79 Å². The lowest BCUT2D eigenvalue weighted by Crippen LogP contribution is -2.34. The van der Waals surface area contributed by atoms with Crippen LogP contribution < -0.4 is 0 Å². The molecule has 0 aliphatic heterocycles. The fourth-order valence-electron chi connectivity index (χ4n) is 0.841. The SMILES string of the molecule is C=C(C=O)CC(CO)(CO)CO. The Kier molecular flexibility index (Phi) is 4.73. The second-order valence-electron chi connectivity index (χ2n) is 2.93. The summed E-state index contributed by atoms with van der Waals surface area (Å²) >= 11 is 0. The highest BCUT2D eigenvalue weighted by Crippen LogP contribution is 2.23. The van der Waals surface area contributed by atoms with Crippen LogP contribution in [0.25, 0.3) is 0 Å². The Hall–Kier alpha value is -0.710. The van der Waals surface area contributed by atoms with E-state index in [-0.39, 0.29) is 31.8 Å². The Morgan fingerprint density at radius 3 is 1.92 bits per heavy atom. The molecule has 0 rings (SSSR count). The van der Waals surface area contributed by atoms with Crippen molar-refractivity contribution in [2.75, 3.05) is 19.8 Å². The summed E-state index contributed by atoms with van der Waals surface area (Å²) in [5, 5.41) is 26.5. The van der Waals surface area contributed by atoms with E-state index in [0.29, 0.717) is 6.29 Å². The van der Waals surface area contributed by atoms with Crippen molar-refractivity contribution < 1.29 is 20.1 Å². The van der Waals surface area contributed by atoms with E-state index in [0.717, 1.165) is 0 Å². The summed E-state index contributed by atoms with van der Waals surface area (Å²) in [6, 6.07) is 0. The number of carbonyl (C=O) groups is 1. The van der Waals surface area contributed by atoms with Crippen LogP contribution in [0.5, 0.6) is 0 Å². The van der Waals surface area contributed by atoms with Gasteiger partial charge in [0.15, 0.2) is 0 Å². The van der Waals surface area contributed by atoms with Crippen LogP contribution in [0, 0.1) is 5.41 Å². The Morgan fingerprint density at radius 2 is 1.67 bits per heavy atom. The van der Waals surface area contributed by atoms with E-state index in [1.807, 2.05) is 0 Å². The minimum absolute atomic E-state index is 0.111. The maximum absolute atomic E-state index is 10.2. The Bertz CT molecular complexity index is 152. The fourth-order valence-corrected chi connectivity index (χ4v) is 0.841. The van der Waals surface area contributed by atoms with Crippen molar-refractivity contribution in [3.05, 3.63) is 12.2 Å². The number of aldehydes is 1. The lowest BCUT2D eigenvalue weighted by atomic mass is 9.84. The van der Waals surface area contributed by atoms with Gasteiger partial charge in [-0.3, -0.25) is 4.79 Å². The van der Waals surface area contributed by atoms with E-state index in [1.165, 1.54) is 0 Å². The number of aliphatic hydroxyl groups is 3. The maximum Gasteiger partial charge on any atom is 0.145 e. The van der Waals surface area contributed by atoms with Crippen LogP contribution in [0.3, 0.4) is 0 Å². The van der Waals surface area contributed by atoms with Gasteiger partial charge < -0.3 is 15.3 Å². The van der Waals surface area contributed by atoms with Gasteiger partial charge in [-0.05, 0) is 12.0 Å². The third kappa shape index (κ3) is 2.73. The summed E-state index contributed by atoms with van der Waals surface area (Å²) in [5.41, 5.74) is -0.759. The van der Waals surface area contributed by atoms with E-state index < -0.39 is 5.41 Å². The first-order valence-corrected chi connectivity index (χ1v) is 3.59. The molecule has 0 aromatic rings. The molecule has 0 atom stereocenters. The van der Waals surface area contributed by atoms with E-state index in [2.05, 4.69) is 6.58 Å². The minimum atomic E-state index is -1.02. The molecule has 0 aliphatic carbocycles. The molecular weight excluding hydrogens is 160 g/mol. The van der Waals surface area contributed by atoms with Crippen molar-refractivity contribution in [3.8, 4) is 0 Å². The molecule has 0 bridgehead atoms. The van der Waals surface area contributed by atoms with Crippen LogP contribution in [0.4, 0.5) is 0 Å². The summed E-state index contributed by atoms with van der Waals surface area (Å²) < 4.78 is 0. The summed E-state index contributed by atoms with van der Waals surface area (Å²) in [7, 11) is 0. The van der Waals surface area contributed by atoms with Gasteiger partial charge in [0.1, 0.15) is 6.29 Å². The average molecular weight is 174 g/mol. The Labute approximate surface area is 71.1 Å². The molecule has 0 amide bonds. The zero-order valence-corrected chi connectivity index (χ0v) is 6.86. The zero-order chi connectivity index (χ0) is 9.61. The van der Waals surface area contributed by atoms with Gasteiger partial charge in [-0.15, -0.1) is 0 Å². The Balaban J connectivity index is 4.29. The van der Waals surface area contributed by atoms with Crippen LogP contribution in [0.15, 0.2) is 12.2 Å². The van der Waals surface area contributed by atoms with Crippen LogP contribution in [0.2, 0.25) is 0 Å². The number of hydrogen-bond donors (Lipinski definition) is 3. The molecule has 4 heteroatoms. The van der Waals surface area contributed by atoms with Crippen LogP contribution >= 0.6 is 0 Å². The standard InChI is InChI=1S/C8H14O4/c1-7(3-9)2-8(4-10,5-11)6-12/h3,10-12H,1-2,4-6H2. The third-order valence-electron chi connectivity index (χ3n) is 1.77. The predicted octanol–water partition coefficient (Wildman–Crippen LogP) is -0.905.